The highest BCUT2D eigenvalue weighted by molar-refractivity contribution is 6.03. The second-order valence-corrected chi connectivity index (χ2v) is 12.1. The number of amides is 3. The number of fused-ring (bicyclic) bond motifs is 1. The molecule has 39 heavy (non-hydrogen) atoms. The normalized spacial score (nSPS) is 33.7. The highest BCUT2D eigenvalue weighted by atomic mass is 19.1. The number of hydrogen-bond donors (Lipinski definition) is 2. The summed E-state index contributed by atoms with van der Waals surface area (Å²) in [5, 5.41) is 6.10. The lowest BCUT2D eigenvalue weighted by Gasteiger charge is -2.35. The Labute approximate surface area is 229 Å². The Balaban J connectivity index is 1.30. The van der Waals surface area contributed by atoms with E-state index in [9.17, 15) is 18.8 Å². The maximum atomic E-state index is 14.2. The molecule has 5 atom stereocenters. The zero-order valence-corrected chi connectivity index (χ0v) is 22.6. The minimum absolute atomic E-state index is 0.0930. The molecule has 5 unspecified atom stereocenters. The van der Waals surface area contributed by atoms with E-state index in [-0.39, 0.29) is 23.8 Å². The molecule has 0 aromatic heterocycles. The molecule has 3 fully saturated rings. The molecule has 1 aromatic rings. The smallest absolute Gasteiger partial charge is 0.246 e. The van der Waals surface area contributed by atoms with Crippen molar-refractivity contribution in [3.05, 3.63) is 53.9 Å². The van der Waals surface area contributed by atoms with Crippen LogP contribution < -0.4 is 10.6 Å². The summed E-state index contributed by atoms with van der Waals surface area (Å²) in [5.74, 6) is -2.78. The maximum Gasteiger partial charge on any atom is 0.246 e. The van der Waals surface area contributed by atoms with E-state index in [0.29, 0.717) is 12.2 Å². The number of carbonyl (C=O) groups excluding carboxylic acids is 3. The summed E-state index contributed by atoms with van der Waals surface area (Å²) in [6.45, 7) is 2.23. The standard InChI is InChI=1S/C31H38FN3O4/c1-30-17-18-31(39-30)25(24(30)27(36)33-23-14-12-21(32)13-15-23)29(38)35(19-16-20-8-4-2-5-9-20)26(31)28(37)34-22-10-6-3-7-11-22/h8,12-15,17-18,22,24-26H,2-7,9-11,16,19H2,1H3,(H,33,36)(H,34,37). The third-order valence-corrected chi connectivity index (χ3v) is 9.45. The van der Waals surface area contributed by atoms with E-state index in [0.717, 1.165) is 51.4 Å². The molecule has 2 aliphatic carbocycles. The lowest BCUT2D eigenvalue weighted by Crippen LogP contribution is -2.56. The molecule has 5 aliphatic rings. The number of likely N-dealkylation sites (tertiary alicyclic amines) is 1. The Morgan fingerprint density at radius 3 is 2.54 bits per heavy atom. The fourth-order valence-electron chi connectivity index (χ4n) is 7.55. The number of halogens is 1. The van der Waals surface area contributed by atoms with Gasteiger partial charge in [0.25, 0.3) is 0 Å². The summed E-state index contributed by atoms with van der Waals surface area (Å²) in [4.78, 5) is 43.5. The van der Waals surface area contributed by atoms with Crippen molar-refractivity contribution in [1.82, 2.24) is 10.2 Å². The van der Waals surface area contributed by atoms with E-state index in [1.54, 1.807) is 4.90 Å². The van der Waals surface area contributed by atoms with E-state index in [2.05, 4.69) is 16.7 Å². The van der Waals surface area contributed by atoms with Gasteiger partial charge in [-0.1, -0.05) is 43.1 Å². The minimum atomic E-state index is -1.20. The molecule has 2 N–H and O–H groups in total. The van der Waals surface area contributed by atoms with Crippen LogP contribution in [-0.4, -0.2) is 52.5 Å². The lowest BCUT2D eigenvalue weighted by molar-refractivity contribution is -0.144. The van der Waals surface area contributed by atoms with Crippen LogP contribution in [0.2, 0.25) is 0 Å². The Bertz CT molecular complexity index is 1210. The van der Waals surface area contributed by atoms with E-state index >= 15 is 0 Å². The molecule has 0 radical (unpaired) electrons. The van der Waals surface area contributed by atoms with Crippen LogP contribution in [0.15, 0.2) is 48.1 Å². The third kappa shape index (κ3) is 4.60. The zero-order chi connectivity index (χ0) is 27.2. The first-order valence-corrected chi connectivity index (χ1v) is 14.6. The fourth-order valence-corrected chi connectivity index (χ4v) is 7.55. The molecule has 1 spiro atoms. The lowest BCUT2D eigenvalue weighted by atomic mass is 9.70. The van der Waals surface area contributed by atoms with E-state index in [1.807, 2.05) is 19.1 Å². The largest absolute Gasteiger partial charge is 0.356 e. The summed E-state index contributed by atoms with van der Waals surface area (Å²) < 4.78 is 20.0. The SMILES string of the molecule is CC12C=CC3(O1)C(C(=O)N(CCC1=CCCCC1)C3C(=O)NC1CCCCC1)C2C(=O)Nc1ccc(F)cc1. The van der Waals surface area contributed by atoms with Gasteiger partial charge in [0, 0.05) is 18.3 Å². The van der Waals surface area contributed by atoms with Gasteiger partial charge in [-0.25, -0.2) is 4.39 Å². The van der Waals surface area contributed by atoms with Gasteiger partial charge in [0.2, 0.25) is 17.7 Å². The monoisotopic (exact) mass is 535 g/mol. The first kappa shape index (κ1) is 26.2. The molecule has 3 heterocycles. The molecule has 3 aliphatic heterocycles. The van der Waals surface area contributed by atoms with Gasteiger partial charge in [-0.3, -0.25) is 14.4 Å². The van der Waals surface area contributed by atoms with Crippen molar-refractivity contribution in [2.75, 3.05) is 11.9 Å². The van der Waals surface area contributed by atoms with E-state index in [4.69, 9.17) is 4.74 Å². The Morgan fingerprint density at radius 2 is 1.82 bits per heavy atom. The predicted octanol–water partition coefficient (Wildman–Crippen LogP) is 4.64. The van der Waals surface area contributed by atoms with E-state index < -0.39 is 34.9 Å². The summed E-state index contributed by atoms with van der Waals surface area (Å²) in [6.07, 6.45) is 16.3. The minimum Gasteiger partial charge on any atom is -0.356 e. The van der Waals surface area contributed by atoms with Crippen LogP contribution in [0.3, 0.4) is 0 Å². The number of nitrogens with one attached hydrogen (secondary N) is 2. The van der Waals surface area contributed by atoms with Crippen molar-refractivity contribution in [3.8, 4) is 0 Å². The summed E-state index contributed by atoms with van der Waals surface area (Å²) in [6, 6.07) is 4.82. The van der Waals surface area contributed by atoms with Gasteiger partial charge < -0.3 is 20.3 Å². The number of ether oxygens (including phenoxy) is 1. The number of benzene rings is 1. The number of nitrogens with zero attached hydrogens (tertiary/aromatic N) is 1. The number of anilines is 1. The summed E-state index contributed by atoms with van der Waals surface area (Å²) in [5.41, 5.74) is -0.445. The van der Waals surface area contributed by atoms with Crippen molar-refractivity contribution in [3.63, 3.8) is 0 Å². The van der Waals surface area contributed by atoms with Crippen LogP contribution in [0.1, 0.15) is 71.1 Å². The molecular weight excluding hydrogens is 497 g/mol. The fraction of sp³-hybridized carbons (Fsp3) is 0.581. The van der Waals surface area contributed by atoms with Gasteiger partial charge in [0.15, 0.2) is 0 Å². The first-order valence-electron chi connectivity index (χ1n) is 14.6. The van der Waals surface area contributed by atoms with Crippen molar-refractivity contribution in [2.24, 2.45) is 11.8 Å². The first-order chi connectivity index (χ1) is 18.8. The highest BCUT2D eigenvalue weighted by Crippen LogP contribution is 2.60. The highest BCUT2D eigenvalue weighted by Gasteiger charge is 2.76. The molecular formula is C31H38FN3O4. The van der Waals surface area contributed by atoms with Gasteiger partial charge in [0.05, 0.1) is 17.4 Å². The molecule has 1 saturated carbocycles. The average Bonchev–Trinajstić information content (AvgIpc) is 3.50. The topological polar surface area (TPSA) is 87.7 Å². The maximum absolute atomic E-state index is 14.2. The van der Waals surface area contributed by atoms with Gasteiger partial charge in [-0.2, -0.15) is 0 Å². The van der Waals surface area contributed by atoms with Crippen LogP contribution in [-0.2, 0) is 19.1 Å². The van der Waals surface area contributed by atoms with Gasteiger partial charge in [-0.15, -0.1) is 0 Å². The molecule has 6 rings (SSSR count). The van der Waals surface area contributed by atoms with E-state index in [1.165, 1.54) is 42.7 Å². The second kappa shape index (κ2) is 10.2. The molecule has 1 aromatic carbocycles. The number of rotatable bonds is 7. The molecule has 2 bridgehead atoms. The molecule has 3 amide bonds. The molecule has 7 nitrogen and oxygen atoms in total. The van der Waals surface area contributed by atoms with Gasteiger partial charge in [-0.05, 0) is 76.1 Å². The third-order valence-electron chi connectivity index (χ3n) is 9.45. The van der Waals surface area contributed by atoms with Crippen molar-refractivity contribution >= 4 is 23.4 Å². The van der Waals surface area contributed by atoms with Crippen LogP contribution in [0, 0.1) is 17.7 Å². The summed E-state index contributed by atoms with van der Waals surface area (Å²) in [7, 11) is 0. The van der Waals surface area contributed by atoms with Crippen LogP contribution >= 0.6 is 0 Å². The van der Waals surface area contributed by atoms with Gasteiger partial charge in [0.1, 0.15) is 17.5 Å². The quantitative estimate of drug-likeness (QED) is 0.498. The predicted molar refractivity (Wildman–Crippen MR) is 145 cm³/mol. The van der Waals surface area contributed by atoms with Crippen LogP contribution in [0.4, 0.5) is 10.1 Å². The second-order valence-electron chi connectivity index (χ2n) is 12.1. The molecule has 208 valence electrons. The summed E-state index contributed by atoms with van der Waals surface area (Å²) >= 11 is 0. The van der Waals surface area contributed by atoms with Gasteiger partial charge >= 0.3 is 0 Å². The molecule has 2 saturated heterocycles. The van der Waals surface area contributed by atoms with Crippen molar-refractivity contribution in [1.29, 1.82) is 0 Å². The Morgan fingerprint density at radius 1 is 1.05 bits per heavy atom. The number of hydrogen-bond acceptors (Lipinski definition) is 4. The number of allylic oxidation sites excluding steroid dienone is 1. The Kier molecular flexibility index (Phi) is 6.86. The van der Waals surface area contributed by atoms with Crippen molar-refractivity contribution < 1.29 is 23.5 Å². The average molecular weight is 536 g/mol. The van der Waals surface area contributed by atoms with Crippen molar-refractivity contribution in [2.45, 2.75) is 94.4 Å². The van der Waals surface area contributed by atoms with Crippen LogP contribution in [0.5, 0.6) is 0 Å². The zero-order valence-electron chi connectivity index (χ0n) is 22.6. The molecule has 8 heteroatoms. The Hall–Kier alpha value is -3.00. The van der Waals surface area contributed by atoms with Crippen LogP contribution in [0.25, 0.3) is 0 Å². The number of carbonyl (C=O) groups is 3.